The van der Waals surface area contributed by atoms with Crippen molar-refractivity contribution in [3.63, 3.8) is 0 Å². The van der Waals surface area contributed by atoms with Gasteiger partial charge in [0, 0.05) is 12.1 Å². The third kappa shape index (κ3) is 2.38. The van der Waals surface area contributed by atoms with Gasteiger partial charge in [0.15, 0.2) is 0 Å². The summed E-state index contributed by atoms with van der Waals surface area (Å²) in [6.07, 6.45) is 0.448. The van der Waals surface area contributed by atoms with E-state index >= 15 is 0 Å². The Kier molecular flexibility index (Phi) is 2.59. The summed E-state index contributed by atoms with van der Waals surface area (Å²) in [7, 11) is 0. The number of H-pyrrole nitrogens is 1. The lowest BCUT2D eigenvalue weighted by Gasteiger charge is -2.01. The van der Waals surface area contributed by atoms with Crippen LogP contribution in [0, 0.1) is 0 Å². The number of aromatic amines is 1. The van der Waals surface area contributed by atoms with Crippen LogP contribution in [0.25, 0.3) is 0 Å². The Morgan fingerprint density at radius 1 is 1.31 bits per heavy atom. The Morgan fingerprint density at radius 3 is 2.62 bits per heavy atom. The van der Waals surface area contributed by atoms with Gasteiger partial charge in [-0.2, -0.15) is 4.98 Å². The molecule has 16 heavy (non-hydrogen) atoms. The highest BCUT2D eigenvalue weighted by atomic mass is 16.3. The van der Waals surface area contributed by atoms with Crippen LogP contribution in [0.5, 0.6) is 5.88 Å². The molecule has 0 saturated carbocycles. The topological polar surface area (TPSA) is 92.0 Å². The van der Waals surface area contributed by atoms with Crippen LogP contribution >= 0.6 is 0 Å². The van der Waals surface area contributed by atoms with E-state index in [0.717, 1.165) is 11.6 Å². The van der Waals surface area contributed by atoms with Gasteiger partial charge in [-0.3, -0.25) is 4.79 Å². The fraction of sp³-hybridized carbons (Fsp3) is 0.0909. The Hall–Kier alpha value is -2.30. The average Bonchev–Trinajstić information content (AvgIpc) is 2.20. The van der Waals surface area contributed by atoms with Crippen molar-refractivity contribution in [2.45, 2.75) is 6.42 Å². The zero-order valence-corrected chi connectivity index (χ0v) is 8.47. The molecule has 0 amide bonds. The number of aromatic nitrogens is 2. The normalized spacial score (nSPS) is 10.2. The molecular formula is C11H11N3O2. The fourth-order valence-electron chi connectivity index (χ4n) is 1.41. The van der Waals surface area contributed by atoms with Crippen LogP contribution in [0.3, 0.4) is 0 Å². The molecule has 0 fully saturated rings. The molecule has 4 N–H and O–H groups in total. The van der Waals surface area contributed by atoms with Gasteiger partial charge in [-0.1, -0.05) is 12.1 Å². The minimum absolute atomic E-state index is 0.269. The Bertz CT molecular complexity index is 546. The third-order valence-corrected chi connectivity index (χ3v) is 2.13. The van der Waals surface area contributed by atoms with Crippen LogP contribution in [-0.2, 0) is 6.42 Å². The van der Waals surface area contributed by atoms with Gasteiger partial charge in [0.1, 0.15) is 5.82 Å². The Morgan fingerprint density at radius 2 is 2.00 bits per heavy atom. The molecule has 0 saturated heterocycles. The van der Waals surface area contributed by atoms with Gasteiger partial charge in [0.25, 0.3) is 5.56 Å². The predicted molar refractivity (Wildman–Crippen MR) is 60.2 cm³/mol. The number of nitrogens with one attached hydrogen (secondary N) is 1. The highest BCUT2D eigenvalue weighted by Crippen LogP contribution is 2.09. The molecule has 0 aliphatic heterocycles. The first-order valence-corrected chi connectivity index (χ1v) is 4.77. The van der Waals surface area contributed by atoms with Crippen LogP contribution < -0.4 is 11.3 Å². The molecule has 1 heterocycles. The van der Waals surface area contributed by atoms with E-state index in [4.69, 9.17) is 10.8 Å². The second kappa shape index (κ2) is 4.06. The molecule has 2 rings (SSSR count). The van der Waals surface area contributed by atoms with Crippen LogP contribution in [0.4, 0.5) is 5.69 Å². The van der Waals surface area contributed by atoms with Crippen molar-refractivity contribution < 1.29 is 5.11 Å². The first-order valence-electron chi connectivity index (χ1n) is 4.77. The number of hydrogen-bond acceptors (Lipinski definition) is 4. The maximum atomic E-state index is 11.1. The Labute approximate surface area is 91.6 Å². The molecule has 0 spiro atoms. The van der Waals surface area contributed by atoms with Gasteiger partial charge in [0.05, 0.1) is 6.07 Å². The number of benzene rings is 1. The summed E-state index contributed by atoms with van der Waals surface area (Å²) in [4.78, 5) is 17.5. The van der Waals surface area contributed by atoms with E-state index in [0.29, 0.717) is 17.9 Å². The average molecular weight is 217 g/mol. The molecule has 82 valence electrons. The van der Waals surface area contributed by atoms with E-state index in [-0.39, 0.29) is 11.4 Å². The fourth-order valence-corrected chi connectivity index (χ4v) is 1.41. The molecule has 5 heteroatoms. The molecule has 0 radical (unpaired) electrons. The summed E-state index contributed by atoms with van der Waals surface area (Å²) in [6.45, 7) is 0. The van der Waals surface area contributed by atoms with Gasteiger partial charge >= 0.3 is 0 Å². The molecule has 0 atom stereocenters. The minimum Gasteiger partial charge on any atom is -0.493 e. The summed E-state index contributed by atoms with van der Waals surface area (Å²) in [5.41, 5.74) is 6.83. The number of nitrogens with zero attached hydrogens (tertiary/aromatic N) is 1. The van der Waals surface area contributed by atoms with Crippen LogP contribution in [0.15, 0.2) is 35.1 Å². The first-order chi connectivity index (χ1) is 7.63. The number of hydrogen-bond donors (Lipinski definition) is 3. The van der Waals surface area contributed by atoms with Crippen molar-refractivity contribution in [1.82, 2.24) is 9.97 Å². The van der Waals surface area contributed by atoms with E-state index in [1.807, 2.05) is 12.1 Å². The second-order valence-electron chi connectivity index (χ2n) is 3.47. The van der Waals surface area contributed by atoms with E-state index in [1.54, 1.807) is 12.1 Å². The quantitative estimate of drug-likeness (QED) is 0.644. The lowest BCUT2D eigenvalue weighted by atomic mass is 10.1. The Balaban J connectivity index is 2.26. The molecule has 0 unspecified atom stereocenters. The lowest BCUT2D eigenvalue weighted by molar-refractivity contribution is 0.448. The smallest absolute Gasteiger partial charge is 0.254 e. The van der Waals surface area contributed by atoms with Gasteiger partial charge in [-0.15, -0.1) is 0 Å². The second-order valence-corrected chi connectivity index (χ2v) is 3.47. The van der Waals surface area contributed by atoms with Crippen molar-refractivity contribution >= 4 is 5.69 Å². The largest absolute Gasteiger partial charge is 0.493 e. The zero-order chi connectivity index (χ0) is 11.5. The number of nitrogen functional groups attached to an aromatic ring is 1. The number of anilines is 1. The lowest BCUT2D eigenvalue weighted by Crippen LogP contribution is -2.09. The molecule has 2 aromatic rings. The van der Waals surface area contributed by atoms with Crippen LogP contribution in [0.1, 0.15) is 11.4 Å². The number of rotatable bonds is 2. The predicted octanol–water partition coefficient (Wildman–Crippen LogP) is 0.649. The zero-order valence-electron chi connectivity index (χ0n) is 8.47. The highest BCUT2D eigenvalue weighted by Gasteiger charge is 2.01. The van der Waals surface area contributed by atoms with E-state index in [2.05, 4.69) is 9.97 Å². The maximum Gasteiger partial charge on any atom is 0.254 e. The van der Waals surface area contributed by atoms with Gasteiger partial charge in [-0.05, 0) is 17.7 Å². The van der Waals surface area contributed by atoms with E-state index in [9.17, 15) is 4.79 Å². The molecule has 1 aromatic heterocycles. The minimum atomic E-state index is -0.363. The van der Waals surface area contributed by atoms with Crippen molar-refractivity contribution in [3.8, 4) is 5.88 Å². The monoisotopic (exact) mass is 217 g/mol. The summed E-state index contributed by atoms with van der Waals surface area (Å²) >= 11 is 0. The summed E-state index contributed by atoms with van der Waals surface area (Å²) in [6, 6.07) is 8.28. The third-order valence-electron chi connectivity index (χ3n) is 2.13. The maximum absolute atomic E-state index is 11.1. The van der Waals surface area contributed by atoms with Crippen molar-refractivity contribution in [3.05, 3.63) is 52.1 Å². The standard InChI is InChI=1S/C11H11N3O2/c12-8-3-1-7(2-4-8)5-9-13-10(15)6-11(16)14-9/h1-4,6H,5,12H2,(H2,13,14,15,16). The first kappa shape index (κ1) is 10.2. The van der Waals surface area contributed by atoms with Gasteiger partial charge in [0.2, 0.25) is 5.88 Å². The molecule has 1 aromatic carbocycles. The summed E-state index contributed by atoms with van der Waals surface area (Å²) in [5.74, 6) is 0.156. The number of nitrogens with two attached hydrogens (primary N) is 1. The van der Waals surface area contributed by atoms with Crippen LogP contribution in [0.2, 0.25) is 0 Å². The summed E-state index contributed by atoms with van der Waals surface area (Å²) in [5, 5.41) is 9.16. The van der Waals surface area contributed by atoms with E-state index < -0.39 is 0 Å². The van der Waals surface area contributed by atoms with Gasteiger partial charge < -0.3 is 15.8 Å². The number of aromatic hydroxyl groups is 1. The van der Waals surface area contributed by atoms with Crippen molar-refractivity contribution in [1.29, 1.82) is 0 Å². The van der Waals surface area contributed by atoms with E-state index in [1.165, 1.54) is 0 Å². The van der Waals surface area contributed by atoms with Crippen molar-refractivity contribution in [2.75, 3.05) is 5.73 Å². The highest BCUT2D eigenvalue weighted by molar-refractivity contribution is 5.39. The molecule has 5 nitrogen and oxygen atoms in total. The molecule has 0 aliphatic rings. The summed E-state index contributed by atoms with van der Waals surface area (Å²) < 4.78 is 0. The van der Waals surface area contributed by atoms with Crippen LogP contribution in [-0.4, -0.2) is 15.1 Å². The molecular weight excluding hydrogens is 206 g/mol. The van der Waals surface area contributed by atoms with Crippen molar-refractivity contribution in [2.24, 2.45) is 0 Å². The van der Waals surface area contributed by atoms with Gasteiger partial charge in [-0.25, -0.2) is 0 Å². The molecule has 0 aliphatic carbocycles. The molecule has 0 bridgehead atoms. The SMILES string of the molecule is Nc1ccc(Cc2nc(O)cc(=O)[nH]2)cc1.